The number of rotatable bonds is 5. The number of fused-ring (bicyclic) bond motifs is 1. The number of hydrogen-bond donors (Lipinski definition) is 0. The molecule has 142 valence electrons. The molecule has 3 aromatic rings. The largest absolute Gasteiger partial charge is 0.461 e. The second-order valence-corrected chi connectivity index (χ2v) is 8.63. The highest BCUT2D eigenvalue weighted by atomic mass is 79.9. The average molecular weight is 449 g/mol. The first-order chi connectivity index (χ1) is 12.8. The zero-order chi connectivity index (χ0) is 19.7. The van der Waals surface area contributed by atoms with Gasteiger partial charge < -0.3 is 4.74 Å². The maximum absolute atomic E-state index is 13.2. The van der Waals surface area contributed by atoms with Crippen molar-refractivity contribution in [3.05, 3.63) is 50.3 Å². The van der Waals surface area contributed by atoms with Crippen molar-refractivity contribution in [3.63, 3.8) is 0 Å². The van der Waals surface area contributed by atoms with Crippen LogP contribution >= 0.6 is 27.3 Å². The molecule has 27 heavy (non-hydrogen) atoms. The highest BCUT2D eigenvalue weighted by molar-refractivity contribution is 9.10. The van der Waals surface area contributed by atoms with Crippen LogP contribution in [0.1, 0.15) is 38.1 Å². The monoisotopic (exact) mass is 448 g/mol. The predicted octanol–water partition coefficient (Wildman–Crippen LogP) is 5.10. The van der Waals surface area contributed by atoms with E-state index in [0.29, 0.717) is 10.2 Å². The van der Waals surface area contributed by atoms with Crippen molar-refractivity contribution in [2.45, 2.75) is 46.3 Å². The molecule has 2 atom stereocenters. The lowest BCUT2D eigenvalue weighted by molar-refractivity contribution is -0.152. The van der Waals surface area contributed by atoms with Crippen LogP contribution in [-0.2, 0) is 9.53 Å². The lowest BCUT2D eigenvalue weighted by atomic mass is 10.0. The van der Waals surface area contributed by atoms with Gasteiger partial charge in [-0.1, -0.05) is 35.0 Å². The number of carbonyl (C=O) groups is 1. The minimum absolute atomic E-state index is 0.186. The van der Waals surface area contributed by atoms with Gasteiger partial charge in [-0.15, -0.1) is 11.3 Å². The number of aryl methyl sites for hydroxylation is 1. The lowest BCUT2D eigenvalue weighted by Crippen LogP contribution is -2.31. The number of aromatic nitrogens is 2. The van der Waals surface area contributed by atoms with Gasteiger partial charge in [0.1, 0.15) is 10.9 Å². The van der Waals surface area contributed by atoms with Crippen molar-refractivity contribution < 1.29 is 9.53 Å². The van der Waals surface area contributed by atoms with Crippen LogP contribution in [-0.4, -0.2) is 21.6 Å². The molecule has 0 radical (unpaired) electrons. The Morgan fingerprint density at radius 2 is 1.96 bits per heavy atom. The highest BCUT2D eigenvalue weighted by Crippen LogP contribution is 2.36. The summed E-state index contributed by atoms with van der Waals surface area (Å²) in [6.07, 6.45) is 1.98. The summed E-state index contributed by atoms with van der Waals surface area (Å²) in [7, 11) is 0. The normalized spacial score (nSPS) is 13.5. The Morgan fingerprint density at radius 1 is 1.30 bits per heavy atom. The fourth-order valence-corrected chi connectivity index (χ4v) is 4.12. The third kappa shape index (κ3) is 3.84. The number of esters is 1. The molecule has 0 spiro atoms. The third-order valence-corrected chi connectivity index (χ3v) is 6.14. The average Bonchev–Trinajstić information content (AvgIpc) is 2.99. The SMILES string of the molecule is CCC(C)OC(=O)C(C)n1cnc2sc(C)c(-c3ccc(Br)cc3)c2c1=O. The first-order valence-electron chi connectivity index (χ1n) is 8.80. The van der Waals surface area contributed by atoms with Crippen LogP contribution in [0.25, 0.3) is 21.3 Å². The van der Waals surface area contributed by atoms with Crippen LogP contribution in [0.3, 0.4) is 0 Å². The van der Waals surface area contributed by atoms with Crippen molar-refractivity contribution in [3.8, 4) is 11.1 Å². The number of carbonyl (C=O) groups excluding carboxylic acids is 1. The van der Waals surface area contributed by atoms with E-state index in [-0.39, 0.29) is 11.7 Å². The molecule has 5 nitrogen and oxygen atoms in total. The Hall–Kier alpha value is -1.99. The molecule has 0 N–H and O–H groups in total. The van der Waals surface area contributed by atoms with Gasteiger partial charge in [-0.2, -0.15) is 0 Å². The molecule has 2 unspecified atom stereocenters. The second-order valence-electron chi connectivity index (χ2n) is 6.51. The number of benzene rings is 1. The zero-order valence-corrected chi connectivity index (χ0v) is 18.1. The maximum Gasteiger partial charge on any atom is 0.329 e. The van der Waals surface area contributed by atoms with E-state index in [0.717, 1.165) is 26.9 Å². The summed E-state index contributed by atoms with van der Waals surface area (Å²) >= 11 is 4.92. The van der Waals surface area contributed by atoms with Gasteiger partial charge in [0.2, 0.25) is 0 Å². The van der Waals surface area contributed by atoms with E-state index in [1.54, 1.807) is 6.92 Å². The number of nitrogens with zero attached hydrogens (tertiary/aromatic N) is 2. The fourth-order valence-electron chi connectivity index (χ4n) is 2.85. The number of thiophene rings is 1. The van der Waals surface area contributed by atoms with Crippen molar-refractivity contribution >= 4 is 43.5 Å². The Kier molecular flexibility index (Phi) is 5.81. The van der Waals surface area contributed by atoms with E-state index < -0.39 is 12.0 Å². The van der Waals surface area contributed by atoms with Gasteiger partial charge in [-0.05, 0) is 44.9 Å². The smallest absolute Gasteiger partial charge is 0.329 e. The van der Waals surface area contributed by atoms with Gasteiger partial charge in [0.15, 0.2) is 0 Å². The molecule has 1 aromatic carbocycles. The Bertz CT molecular complexity index is 1040. The molecule has 0 fully saturated rings. The van der Waals surface area contributed by atoms with Crippen LogP contribution in [0, 0.1) is 6.92 Å². The number of hydrogen-bond acceptors (Lipinski definition) is 5. The fraction of sp³-hybridized carbons (Fsp3) is 0.350. The van der Waals surface area contributed by atoms with Crippen LogP contribution in [0.2, 0.25) is 0 Å². The highest BCUT2D eigenvalue weighted by Gasteiger charge is 2.23. The summed E-state index contributed by atoms with van der Waals surface area (Å²) < 4.78 is 7.72. The van der Waals surface area contributed by atoms with E-state index in [1.165, 1.54) is 22.2 Å². The Balaban J connectivity index is 2.11. The molecule has 0 aliphatic carbocycles. The molecule has 0 aliphatic rings. The molecule has 0 saturated heterocycles. The Labute approximate surface area is 170 Å². The molecule has 3 rings (SSSR count). The second kappa shape index (κ2) is 7.94. The molecule has 7 heteroatoms. The van der Waals surface area contributed by atoms with Gasteiger partial charge in [0.05, 0.1) is 17.8 Å². The van der Waals surface area contributed by atoms with Crippen LogP contribution in [0.4, 0.5) is 0 Å². The van der Waals surface area contributed by atoms with Crippen LogP contribution in [0.15, 0.2) is 39.9 Å². The van der Waals surface area contributed by atoms with Crippen molar-refractivity contribution in [1.82, 2.24) is 9.55 Å². The molecular weight excluding hydrogens is 428 g/mol. The first kappa shape index (κ1) is 19.8. The minimum atomic E-state index is -0.735. The molecule has 0 amide bonds. The van der Waals surface area contributed by atoms with Crippen LogP contribution < -0.4 is 5.56 Å². The van der Waals surface area contributed by atoms with E-state index >= 15 is 0 Å². The van der Waals surface area contributed by atoms with E-state index in [4.69, 9.17) is 4.74 Å². The molecule has 0 saturated carbocycles. The topological polar surface area (TPSA) is 61.2 Å². The van der Waals surface area contributed by atoms with Gasteiger partial charge in [-0.3, -0.25) is 9.36 Å². The minimum Gasteiger partial charge on any atom is -0.461 e. The van der Waals surface area contributed by atoms with E-state index in [9.17, 15) is 9.59 Å². The first-order valence-corrected chi connectivity index (χ1v) is 10.4. The summed E-state index contributed by atoms with van der Waals surface area (Å²) in [5, 5.41) is 0.547. The summed E-state index contributed by atoms with van der Waals surface area (Å²) in [4.78, 5) is 31.7. The standard InChI is InChI=1S/C20H21BrN2O3S/c1-5-11(2)26-20(25)12(3)23-10-22-18-17(19(23)24)16(13(4)27-18)14-6-8-15(21)9-7-14/h6-12H,5H2,1-4H3. The van der Waals surface area contributed by atoms with Gasteiger partial charge in [0, 0.05) is 14.9 Å². The van der Waals surface area contributed by atoms with Gasteiger partial charge in [0.25, 0.3) is 5.56 Å². The summed E-state index contributed by atoms with van der Waals surface area (Å²) in [6.45, 7) is 7.43. The quantitative estimate of drug-likeness (QED) is 0.509. The zero-order valence-electron chi connectivity index (χ0n) is 15.7. The molecule has 0 bridgehead atoms. The Morgan fingerprint density at radius 3 is 2.59 bits per heavy atom. The van der Waals surface area contributed by atoms with Crippen LogP contribution in [0.5, 0.6) is 0 Å². The number of halogens is 1. The molecule has 2 aromatic heterocycles. The van der Waals surface area contributed by atoms with Gasteiger partial charge in [-0.25, -0.2) is 9.78 Å². The van der Waals surface area contributed by atoms with E-state index in [2.05, 4.69) is 20.9 Å². The van der Waals surface area contributed by atoms with Crippen molar-refractivity contribution in [2.75, 3.05) is 0 Å². The molecule has 0 aliphatic heterocycles. The lowest BCUT2D eigenvalue weighted by Gasteiger charge is -2.17. The summed E-state index contributed by atoms with van der Waals surface area (Å²) in [5.74, 6) is -0.426. The van der Waals surface area contributed by atoms with Crippen molar-refractivity contribution in [2.24, 2.45) is 0 Å². The molecule has 2 heterocycles. The van der Waals surface area contributed by atoms with Crippen molar-refractivity contribution in [1.29, 1.82) is 0 Å². The molecular formula is C20H21BrN2O3S. The maximum atomic E-state index is 13.2. The van der Waals surface area contributed by atoms with E-state index in [1.807, 2.05) is 45.0 Å². The predicted molar refractivity (Wildman–Crippen MR) is 112 cm³/mol. The van der Waals surface area contributed by atoms with Gasteiger partial charge >= 0.3 is 5.97 Å². The third-order valence-electron chi connectivity index (χ3n) is 4.60. The number of ether oxygens (including phenoxy) is 1. The summed E-state index contributed by atoms with van der Waals surface area (Å²) in [6, 6.07) is 7.09. The summed E-state index contributed by atoms with van der Waals surface area (Å²) in [5.41, 5.74) is 1.60.